The Morgan fingerprint density at radius 3 is 1.46 bits per heavy atom. The van der Waals surface area contributed by atoms with Gasteiger partial charge in [0.1, 0.15) is 0 Å². The molecule has 3 rings (SSSR count). The predicted molar refractivity (Wildman–Crippen MR) is 55.5 cm³/mol. The van der Waals surface area contributed by atoms with Crippen molar-refractivity contribution in [3.05, 3.63) is 0 Å². The SMILES string of the molecule is C1CCCC2CC2CC2CC2CC1. The van der Waals surface area contributed by atoms with E-state index in [9.17, 15) is 0 Å². The van der Waals surface area contributed by atoms with E-state index in [4.69, 9.17) is 0 Å². The second-order valence-corrected chi connectivity index (χ2v) is 5.74. The first-order valence-corrected chi connectivity index (χ1v) is 6.43. The Morgan fingerprint density at radius 2 is 0.923 bits per heavy atom. The zero-order chi connectivity index (χ0) is 8.67. The van der Waals surface area contributed by atoms with Gasteiger partial charge in [-0.25, -0.2) is 0 Å². The lowest BCUT2D eigenvalue weighted by Gasteiger charge is -1.99. The van der Waals surface area contributed by atoms with Crippen molar-refractivity contribution in [2.24, 2.45) is 23.7 Å². The highest BCUT2D eigenvalue weighted by molar-refractivity contribution is 4.95. The van der Waals surface area contributed by atoms with E-state index in [1.807, 2.05) is 0 Å². The van der Waals surface area contributed by atoms with E-state index in [-0.39, 0.29) is 0 Å². The molecule has 3 saturated carbocycles. The van der Waals surface area contributed by atoms with Gasteiger partial charge in [0.2, 0.25) is 0 Å². The lowest BCUT2D eigenvalue weighted by molar-refractivity contribution is 0.537. The van der Waals surface area contributed by atoms with Gasteiger partial charge in [-0.1, -0.05) is 38.5 Å². The maximum absolute atomic E-state index is 1.62. The zero-order valence-electron chi connectivity index (χ0n) is 8.67. The lowest BCUT2D eigenvalue weighted by Crippen LogP contribution is -1.87. The summed E-state index contributed by atoms with van der Waals surface area (Å²) in [5, 5.41) is 0. The quantitative estimate of drug-likeness (QED) is 0.526. The minimum absolute atomic E-state index is 1.18. The van der Waals surface area contributed by atoms with E-state index in [1.165, 1.54) is 49.4 Å². The minimum atomic E-state index is 1.18. The molecule has 74 valence electrons. The summed E-state index contributed by atoms with van der Waals surface area (Å²) in [6.07, 6.45) is 14.1. The Kier molecular flexibility index (Phi) is 2.11. The van der Waals surface area contributed by atoms with Gasteiger partial charge in [-0.05, 0) is 42.9 Å². The molecule has 0 aromatic carbocycles. The second-order valence-electron chi connectivity index (χ2n) is 5.74. The van der Waals surface area contributed by atoms with Crippen LogP contribution >= 0.6 is 0 Å². The normalized spacial score (nSPS) is 49.8. The Balaban J connectivity index is 1.54. The van der Waals surface area contributed by atoms with E-state index in [0.717, 1.165) is 0 Å². The van der Waals surface area contributed by atoms with Crippen LogP contribution in [0, 0.1) is 23.7 Å². The van der Waals surface area contributed by atoms with Crippen LogP contribution in [0.5, 0.6) is 0 Å². The molecule has 0 spiro atoms. The molecule has 0 saturated heterocycles. The van der Waals surface area contributed by atoms with Gasteiger partial charge in [-0.15, -0.1) is 0 Å². The van der Waals surface area contributed by atoms with Gasteiger partial charge in [0.05, 0.1) is 0 Å². The molecule has 0 nitrogen and oxygen atoms in total. The van der Waals surface area contributed by atoms with Crippen LogP contribution in [0.4, 0.5) is 0 Å². The standard InChI is InChI=1S/C13H22/c1-2-4-6-11-8-13(11)9-12-7-10(12)5-3-1/h10-13H,1-9H2. The molecule has 4 unspecified atom stereocenters. The van der Waals surface area contributed by atoms with Crippen LogP contribution in [0.3, 0.4) is 0 Å². The first-order chi connectivity index (χ1) is 6.43. The third kappa shape index (κ3) is 1.92. The van der Waals surface area contributed by atoms with Crippen LogP contribution in [-0.4, -0.2) is 0 Å². The van der Waals surface area contributed by atoms with Gasteiger partial charge in [0.15, 0.2) is 0 Å². The van der Waals surface area contributed by atoms with Crippen molar-refractivity contribution in [1.82, 2.24) is 0 Å². The van der Waals surface area contributed by atoms with Gasteiger partial charge in [-0.3, -0.25) is 0 Å². The molecule has 0 heteroatoms. The number of fused-ring (bicyclic) bond motifs is 2. The first kappa shape index (κ1) is 8.32. The van der Waals surface area contributed by atoms with Crippen LogP contribution < -0.4 is 0 Å². The van der Waals surface area contributed by atoms with Crippen molar-refractivity contribution in [2.75, 3.05) is 0 Å². The fourth-order valence-electron chi connectivity index (χ4n) is 3.46. The summed E-state index contributed by atoms with van der Waals surface area (Å²) in [7, 11) is 0. The van der Waals surface area contributed by atoms with Crippen molar-refractivity contribution in [1.29, 1.82) is 0 Å². The van der Waals surface area contributed by atoms with Crippen LogP contribution in [-0.2, 0) is 0 Å². The molecule has 0 aromatic rings. The minimum Gasteiger partial charge on any atom is -0.0533 e. The number of hydrogen-bond donors (Lipinski definition) is 0. The molecule has 4 atom stereocenters. The Hall–Kier alpha value is 0. The van der Waals surface area contributed by atoms with Crippen molar-refractivity contribution >= 4 is 0 Å². The van der Waals surface area contributed by atoms with Gasteiger partial charge < -0.3 is 0 Å². The average Bonchev–Trinajstić information content (AvgIpc) is 2.96. The summed E-state index contributed by atoms with van der Waals surface area (Å²) in [6, 6.07) is 0. The molecule has 0 bridgehead atoms. The molecule has 3 fully saturated rings. The highest BCUT2D eigenvalue weighted by atomic mass is 14.5. The molecule has 0 amide bonds. The molecule has 13 heavy (non-hydrogen) atoms. The van der Waals surface area contributed by atoms with E-state index < -0.39 is 0 Å². The summed E-state index contributed by atoms with van der Waals surface area (Å²) in [5.41, 5.74) is 0. The third-order valence-corrected chi connectivity index (χ3v) is 4.64. The molecule has 3 aliphatic rings. The maximum Gasteiger partial charge on any atom is -0.0380 e. The highest BCUT2D eigenvalue weighted by Crippen LogP contribution is 2.55. The summed E-state index contributed by atoms with van der Waals surface area (Å²) >= 11 is 0. The van der Waals surface area contributed by atoms with E-state index in [0.29, 0.717) is 0 Å². The Morgan fingerprint density at radius 1 is 0.462 bits per heavy atom. The zero-order valence-corrected chi connectivity index (χ0v) is 8.67. The van der Waals surface area contributed by atoms with Crippen molar-refractivity contribution in [2.45, 2.75) is 57.8 Å². The van der Waals surface area contributed by atoms with E-state index in [2.05, 4.69) is 0 Å². The maximum atomic E-state index is 1.62. The summed E-state index contributed by atoms with van der Waals surface area (Å²) in [4.78, 5) is 0. The molecule has 0 aromatic heterocycles. The largest absolute Gasteiger partial charge is 0.0533 e. The van der Waals surface area contributed by atoms with Crippen LogP contribution in [0.15, 0.2) is 0 Å². The number of rotatable bonds is 0. The van der Waals surface area contributed by atoms with Gasteiger partial charge in [-0.2, -0.15) is 0 Å². The fourth-order valence-corrected chi connectivity index (χ4v) is 3.46. The summed E-state index contributed by atoms with van der Waals surface area (Å²) in [5.74, 6) is 4.74. The molecular formula is C13H22. The highest BCUT2D eigenvalue weighted by Gasteiger charge is 2.44. The lowest BCUT2D eigenvalue weighted by atomic mass is 10.1. The average molecular weight is 178 g/mol. The van der Waals surface area contributed by atoms with Crippen molar-refractivity contribution in [3.63, 3.8) is 0 Å². The molecule has 0 aliphatic heterocycles. The van der Waals surface area contributed by atoms with E-state index in [1.54, 1.807) is 32.1 Å². The molecular weight excluding hydrogens is 156 g/mol. The first-order valence-electron chi connectivity index (χ1n) is 6.43. The van der Waals surface area contributed by atoms with Crippen LogP contribution in [0.25, 0.3) is 0 Å². The summed E-state index contributed by atoms with van der Waals surface area (Å²) in [6.45, 7) is 0. The second kappa shape index (κ2) is 3.29. The van der Waals surface area contributed by atoms with E-state index >= 15 is 0 Å². The Bertz CT molecular complexity index is 164. The third-order valence-electron chi connectivity index (χ3n) is 4.64. The molecule has 0 heterocycles. The molecule has 0 radical (unpaired) electrons. The predicted octanol–water partition coefficient (Wildman–Crippen LogP) is 4.00. The van der Waals surface area contributed by atoms with Crippen molar-refractivity contribution in [3.8, 4) is 0 Å². The van der Waals surface area contributed by atoms with Gasteiger partial charge >= 0.3 is 0 Å². The monoisotopic (exact) mass is 178 g/mol. The summed E-state index contributed by atoms with van der Waals surface area (Å²) < 4.78 is 0. The fraction of sp³-hybridized carbons (Fsp3) is 1.00. The van der Waals surface area contributed by atoms with Gasteiger partial charge in [0.25, 0.3) is 0 Å². The number of hydrogen-bond acceptors (Lipinski definition) is 0. The van der Waals surface area contributed by atoms with Crippen molar-refractivity contribution < 1.29 is 0 Å². The Labute approximate surface area is 82.1 Å². The topological polar surface area (TPSA) is 0 Å². The smallest absolute Gasteiger partial charge is 0.0380 e. The molecule has 3 aliphatic carbocycles. The molecule has 0 N–H and O–H groups in total. The van der Waals surface area contributed by atoms with Gasteiger partial charge in [0, 0.05) is 0 Å². The van der Waals surface area contributed by atoms with Crippen LogP contribution in [0.2, 0.25) is 0 Å². The van der Waals surface area contributed by atoms with Crippen LogP contribution in [0.1, 0.15) is 57.8 Å².